The van der Waals surface area contributed by atoms with Gasteiger partial charge in [-0.1, -0.05) is 30.3 Å². The molecule has 0 bridgehead atoms. The van der Waals surface area contributed by atoms with Crippen molar-refractivity contribution in [2.75, 3.05) is 19.8 Å². The minimum absolute atomic E-state index is 0.0942. The Morgan fingerprint density at radius 1 is 1.00 bits per heavy atom. The van der Waals surface area contributed by atoms with Crippen LogP contribution >= 0.6 is 0 Å². The fraction of sp³-hybridized carbons (Fsp3) is 0.278. The van der Waals surface area contributed by atoms with Gasteiger partial charge in [-0.2, -0.15) is 0 Å². The lowest BCUT2D eigenvalue weighted by Gasteiger charge is -2.36. The van der Waals surface area contributed by atoms with Crippen molar-refractivity contribution in [2.45, 2.75) is 11.8 Å². The van der Waals surface area contributed by atoms with Crippen molar-refractivity contribution in [1.82, 2.24) is 0 Å². The maximum Gasteiger partial charge on any atom is 0.187 e. The average molecular weight is 329 g/mol. The van der Waals surface area contributed by atoms with Gasteiger partial charge in [0.2, 0.25) is 0 Å². The smallest absolute Gasteiger partial charge is 0.187 e. The largest absolute Gasteiger partial charge is 0.507 e. The molecule has 1 aliphatic rings. The standard InChI is InChI=1S/C18H19NO5/c20-10-18(19-9-13-5-1-3-7-15(13)21)11-23-17(24-12-18)14-6-2-4-8-16(14)22/h1-9,17,20-22H,10-12H2. The molecule has 0 radical (unpaired) electrons. The van der Waals surface area contributed by atoms with Gasteiger partial charge >= 0.3 is 0 Å². The molecule has 0 atom stereocenters. The molecule has 0 spiro atoms. The molecule has 0 amide bonds. The Labute approximate surface area is 139 Å². The van der Waals surface area contributed by atoms with Gasteiger partial charge in [0.1, 0.15) is 17.0 Å². The lowest BCUT2D eigenvalue weighted by atomic mass is 10.0. The average Bonchev–Trinajstić information content (AvgIpc) is 2.62. The van der Waals surface area contributed by atoms with Crippen molar-refractivity contribution in [3.05, 3.63) is 59.7 Å². The third-order valence-electron chi connectivity index (χ3n) is 3.91. The van der Waals surface area contributed by atoms with Gasteiger partial charge in [0.25, 0.3) is 0 Å². The van der Waals surface area contributed by atoms with E-state index in [2.05, 4.69) is 4.99 Å². The number of nitrogens with zero attached hydrogens (tertiary/aromatic N) is 1. The lowest BCUT2D eigenvalue weighted by Crippen LogP contribution is -2.46. The Hall–Kier alpha value is -2.41. The maximum absolute atomic E-state index is 9.87. The van der Waals surface area contributed by atoms with Crippen LogP contribution in [0.4, 0.5) is 0 Å². The number of aliphatic hydroxyl groups excluding tert-OH is 1. The Morgan fingerprint density at radius 2 is 1.62 bits per heavy atom. The van der Waals surface area contributed by atoms with Crippen LogP contribution in [0.25, 0.3) is 0 Å². The highest BCUT2D eigenvalue weighted by molar-refractivity contribution is 5.83. The summed E-state index contributed by atoms with van der Waals surface area (Å²) in [6.45, 7) is 0.00375. The van der Waals surface area contributed by atoms with Gasteiger partial charge in [0.15, 0.2) is 6.29 Å². The predicted octanol–water partition coefficient (Wildman–Crippen LogP) is 1.99. The van der Waals surface area contributed by atoms with Crippen molar-refractivity contribution in [2.24, 2.45) is 4.99 Å². The fourth-order valence-electron chi connectivity index (χ4n) is 2.43. The number of phenols is 2. The van der Waals surface area contributed by atoms with Gasteiger partial charge in [-0.25, -0.2) is 0 Å². The molecule has 2 aromatic rings. The predicted molar refractivity (Wildman–Crippen MR) is 88.3 cm³/mol. The molecule has 0 saturated carbocycles. The lowest BCUT2D eigenvalue weighted by molar-refractivity contribution is -0.216. The molecule has 0 aliphatic carbocycles. The molecule has 1 aliphatic heterocycles. The molecular formula is C18H19NO5. The first-order valence-corrected chi connectivity index (χ1v) is 7.59. The number of hydrogen-bond donors (Lipinski definition) is 3. The highest BCUT2D eigenvalue weighted by atomic mass is 16.7. The molecule has 1 fully saturated rings. The molecule has 6 heteroatoms. The molecule has 2 aromatic carbocycles. The van der Waals surface area contributed by atoms with E-state index >= 15 is 0 Å². The van der Waals surface area contributed by atoms with Crippen LogP contribution in [0.2, 0.25) is 0 Å². The summed E-state index contributed by atoms with van der Waals surface area (Å²) in [5, 5.41) is 29.4. The molecule has 126 valence electrons. The molecule has 1 heterocycles. The van der Waals surface area contributed by atoms with Crippen LogP contribution < -0.4 is 0 Å². The van der Waals surface area contributed by atoms with E-state index in [1.807, 2.05) is 0 Å². The van der Waals surface area contributed by atoms with E-state index in [1.165, 1.54) is 6.21 Å². The summed E-state index contributed by atoms with van der Waals surface area (Å²) in [7, 11) is 0. The zero-order valence-electron chi connectivity index (χ0n) is 13.0. The molecule has 0 aromatic heterocycles. The van der Waals surface area contributed by atoms with E-state index in [1.54, 1.807) is 48.5 Å². The van der Waals surface area contributed by atoms with Crippen LogP contribution in [0.3, 0.4) is 0 Å². The number of benzene rings is 2. The number of para-hydroxylation sites is 2. The first-order valence-electron chi connectivity index (χ1n) is 7.59. The fourth-order valence-corrected chi connectivity index (χ4v) is 2.43. The van der Waals surface area contributed by atoms with E-state index in [4.69, 9.17) is 9.47 Å². The molecule has 1 saturated heterocycles. The SMILES string of the molecule is OCC1(N=Cc2ccccc2O)COC(c2ccccc2O)OC1. The van der Waals surface area contributed by atoms with Crippen molar-refractivity contribution in [3.8, 4) is 11.5 Å². The maximum atomic E-state index is 9.87. The van der Waals surface area contributed by atoms with Crippen molar-refractivity contribution < 1.29 is 24.8 Å². The number of aromatic hydroxyl groups is 2. The molecule has 24 heavy (non-hydrogen) atoms. The number of aliphatic imine (C=N–C) groups is 1. The van der Waals surface area contributed by atoms with Gasteiger partial charge in [-0.15, -0.1) is 0 Å². The van der Waals surface area contributed by atoms with E-state index in [0.29, 0.717) is 11.1 Å². The van der Waals surface area contributed by atoms with E-state index in [9.17, 15) is 15.3 Å². The van der Waals surface area contributed by atoms with Gasteiger partial charge in [-0.05, 0) is 18.2 Å². The van der Waals surface area contributed by atoms with Crippen molar-refractivity contribution in [1.29, 1.82) is 0 Å². The summed E-state index contributed by atoms with van der Waals surface area (Å²) < 4.78 is 11.3. The highest BCUT2D eigenvalue weighted by Crippen LogP contribution is 2.33. The quantitative estimate of drug-likeness (QED) is 0.746. The van der Waals surface area contributed by atoms with Crippen LogP contribution in [-0.4, -0.2) is 46.9 Å². The molecule has 3 N–H and O–H groups in total. The number of hydrogen-bond acceptors (Lipinski definition) is 6. The van der Waals surface area contributed by atoms with Crippen LogP contribution in [0.5, 0.6) is 11.5 Å². The third-order valence-corrected chi connectivity index (χ3v) is 3.91. The number of aliphatic hydroxyl groups is 1. The van der Waals surface area contributed by atoms with Gasteiger partial charge in [0, 0.05) is 17.3 Å². The minimum Gasteiger partial charge on any atom is -0.507 e. The van der Waals surface area contributed by atoms with E-state index < -0.39 is 11.8 Å². The summed E-state index contributed by atoms with van der Waals surface area (Å²) in [4.78, 5) is 4.37. The normalized spacial score (nSPS) is 24.3. The van der Waals surface area contributed by atoms with Gasteiger partial charge in [-0.3, -0.25) is 4.99 Å². The molecule has 3 rings (SSSR count). The van der Waals surface area contributed by atoms with Crippen molar-refractivity contribution >= 4 is 6.21 Å². The minimum atomic E-state index is -0.941. The number of phenolic OH excluding ortho intramolecular Hbond substituents is 2. The van der Waals surface area contributed by atoms with E-state index in [-0.39, 0.29) is 31.3 Å². The zero-order chi connectivity index (χ0) is 17.0. The second kappa shape index (κ2) is 7.00. The number of rotatable bonds is 4. The summed E-state index contributed by atoms with van der Waals surface area (Å²) in [5.74, 6) is 0.204. The van der Waals surface area contributed by atoms with Crippen LogP contribution in [0.1, 0.15) is 17.4 Å². The Kier molecular flexibility index (Phi) is 4.80. The summed E-state index contributed by atoms with van der Waals surface area (Å²) >= 11 is 0. The van der Waals surface area contributed by atoms with Gasteiger partial charge < -0.3 is 24.8 Å². The first-order chi connectivity index (χ1) is 11.6. The van der Waals surface area contributed by atoms with E-state index in [0.717, 1.165) is 0 Å². The molecule has 6 nitrogen and oxygen atoms in total. The van der Waals surface area contributed by atoms with Crippen LogP contribution in [0, 0.1) is 0 Å². The zero-order valence-corrected chi connectivity index (χ0v) is 13.0. The summed E-state index contributed by atoms with van der Waals surface area (Å²) in [6, 6.07) is 13.6. The Balaban J connectivity index is 1.72. The summed E-state index contributed by atoms with van der Waals surface area (Å²) in [5.41, 5.74) is 0.144. The topological polar surface area (TPSA) is 91.5 Å². The second-order valence-electron chi connectivity index (χ2n) is 5.71. The monoisotopic (exact) mass is 329 g/mol. The summed E-state index contributed by atoms with van der Waals surface area (Å²) in [6.07, 6.45) is 0.796. The first kappa shape index (κ1) is 16.4. The number of ether oxygens (including phenoxy) is 2. The third kappa shape index (κ3) is 3.41. The van der Waals surface area contributed by atoms with Crippen LogP contribution in [-0.2, 0) is 9.47 Å². The molecular weight excluding hydrogens is 310 g/mol. The van der Waals surface area contributed by atoms with Crippen LogP contribution in [0.15, 0.2) is 53.5 Å². The second-order valence-corrected chi connectivity index (χ2v) is 5.71. The Bertz CT molecular complexity index is 723. The van der Waals surface area contributed by atoms with Crippen molar-refractivity contribution in [3.63, 3.8) is 0 Å². The molecule has 0 unspecified atom stereocenters. The highest BCUT2D eigenvalue weighted by Gasteiger charge is 2.37. The van der Waals surface area contributed by atoms with Gasteiger partial charge in [0.05, 0.1) is 19.8 Å². The Morgan fingerprint density at radius 3 is 2.25 bits per heavy atom.